The smallest absolute Gasteiger partial charge is 0.258 e. The summed E-state index contributed by atoms with van der Waals surface area (Å²) >= 11 is 0. The SMILES string of the molecule is Cc1cccc(C(=O)N(Cc2cc3ccccc3[nH]c2=O)c2cccc(C)c2C)c1. The second-order valence-electron chi connectivity index (χ2n) is 7.69. The maximum Gasteiger partial charge on any atom is 0.258 e. The first-order chi connectivity index (χ1) is 14.4. The standard InChI is InChI=1S/C26H24N2O2/c1-17-8-6-11-21(14-17)26(30)28(24-13-7-9-18(2)19(24)3)16-22-15-20-10-4-5-12-23(20)27-25(22)29/h4-15H,16H2,1-3H3,(H,27,29). The summed E-state index contributed by atoms with van der Waals surface area (Å²) in [6, 6.07) is 23.0. The second-order valence-corrected chi connectivity index (χ2v) is 7.69. The van der Waals surface area contributed by atoms with E-state index in [9.17, 15) is 9.59 Å². The normalized spacial score (nSPS) is 10.9. The van der Waals surface area contributed by atoms with Gasteiger partial charge in [0.15, 0.2) is 0 Å². The molecule has 0 saturated carbocycles. The fourth-order valence-electron chi connectivity index (χ4n) is 3.71. The molecule has 0 fully saturated rings. The number of fused-ring (bicyclic) bond motifs is 1. The lowest BCUT2D eigenvalue weighted by atomic mass is 10.0. The van der Waals surface area contributed by atoms with Crippen LogP contribution in [-0.2, 0) is 6.54 Å². The Bertz CT molecular complexity index is 1300. The maximum atomic E-state index is 13.6. The van der Waals surface area contributed by atoms with Crippen molar-refractivity contribution in [3.05, 3.63) is 111 Å². The molecule has 30 heavy (non-hydrogen) atoms. The van der Waals surface area contributed by atoms with Gasteiger partial charge in [0.1, 0.15) is 0 Å². The highest BCUT2D eigenvalue weighted by molar-refractivity contribution is 6.06. The van der Waals surface area contributed by atoms with Crippen molar-refractivity contribution in [3.8, 4) is 0 Å². The Hall–Kier alpha value is -3.66. The van der Waals surface area contributed by atoms with Gasteiger partial charge in [0, 0.05) is 22.3 Å². The van der Waals surface area contributed by atoms with E-state index in [-0.39, 0.29) is 18.0 Å². The van der Waals surface area contributed by atoms with E-state index in [0.717, 1.165) is 33.3 Å². The fourth-order valence-corrected chi connectivity index (χ4v) is 3.71. The molecule has 1 amide bonds. The number of hydrogen-bond donors (Lipinski definition) is 1. The van der Waals surface area contributed by atoms with Crippen molar-refractivity contribution in [3.63, 3.8) is 0 Å². The van der Waals surface area contributed by atoms with E-state index in [1.54, 1.807) is 4.90 Å². The molecule has 0 spiro atoms. The minimum atomic E-state index is -0.180. The Morgan fingerprint density at radius 2 is 1.67 bits per heavy atom. The molecular formula is C26H24N2O2. The third-order valence-electron chi connectivity index (χ3n) is 5.54. The van der Waals surface area contributed by atoms with Crippen molar-refractivity contribution in [1.29, 1.82) is 0 Å². The number of benzene rings is 3. The van der Waals surface area contributed by atoms with Crippen molar-refractivity contribution >= 4 is 22.5 Å². The first kappa shape index (κ1) is 19.6. The number of anilines is 1. The van der Waals surface area contributed by atoms with E-state index in [2.05, 4.69) is 4.98 Å². The van der Waals surface area contributed by atoms with Crippen molar-refractivity contribution < 1.29 is 4.79 Å². The molecule has 1 N–H and O–H groups in total. The lowest BCUT2D eigenvalue weighted by Gasteiger charge is -2.25. The molecule has 4 aromatic rings. The van der Waals surface area contributed by atoms with Crippen LogP contribution in [0.15, 0.2) is 77.6 Å². The molecule has 0 radical (unpaired) electrons. The van der Waals surface area contributed by atoms with Crippen LogP contribution in [0.5, 0.6) is 0 Å². The average molecular weight is 396 g/mol. The number of amides is 1. The van der Waals surface area contributed by atoms with Crippen LogP contribution in [0, 0.1) is 20.8 Å². The molecule has 0 aliphatic heterocycles. The first-order valence-electron chi connectivity index (χ1n) is 10.00. The molecule has 4 rings (SSSR count). The first-order valence-corrected chi connectivity index (χ1v) is 10.00. The maximum absolute atomic E-state index is 13.6. The van der Waals surface area contributed by atoms with Gasteiger partial charge in [-0.05, 0) is 67.6 Å². The number of carbonyl (C=O) groups is 1. The minimum absolute atomic E-state index is 0.125. The zero-order valence-electron chi connectivity index (χ0n) is 17.4. The molecule has 4 nitrogen and oxygen atoms in total. The van der Waals surface area contributed by atoms with Gasteiger partial charge in [-0.25, -0.2) is 0 Å². The number of aromatic nitrogens is 1. The molecular weight excluding hydrogens is 372 g/mol. The molecule has 150 valence electrons. The highest BCUT2D eigenvalue weighted by Crippen LogP contribution is 2.26. The van der Waals surface area contributed by atoms with Crippen LogP contribution in [0.4, 0.5) is 5.69 Å². The molecule has 0 atom stereocenters. The second kappa shape index (κ2) is 7.99. The van der Waals surface area contributed by atoms with Gasteiger partial charge in [-0.2, -0.15) is 0 Å². The molecule has 0 unspecified atom stereocenters. The number of nitrogens with zero attached hydrogens (tertiary/aromatic N) is 1. The Balaban J connectivity index is 1.83. The van der Waals surface area contributed by atoms with Gasteiger partial charge in [0.2, 0.25) is 0 Å². The zero-order chi connectivity index (χ0) is 21.3. The Labute approximate surface area is 175 Å². The van der Waals surface area contributed by atoms with Crippen LogP contribution >= 0.6 is 0 Å². The van der Waals surface area contributed by atoms with Crippen molar-refractivity contribution in [1.82, 2.24) is 4.98 Å². The Morgan fingerprint density at radius 1 is 0.900 bits per heavy atom. The number of hydrogen-bond acceptors (Lipinski definition) is 2. The number of aromatic amines is 1. The highest BCUT2D eigenvalue weighted by Gasteiger charge is 2.22. The summed E-state index contributed by atoms with van der Waals surface area (Å²) in [6.45, 7) is 6.19. The molecule has 0 aliphatic rings. The van der Waals surface area contributed by atoms with Crippen LogP contribution in [-0.4, -0.2) is 10.9 Å². The number of rotatable bonds is 4. The van der Waals surface area contributed by atoms with E-state index in [1.807, 2.05) is 93.6 Å². The quantitative estimate of drug-likeness (QED) is 0.509. The molecule has 1 heterocycles. The summed E-state index contributed by atoms with van der Waals surface area (Å²) in [5.41, 5.74) is 5.72. The average Bonchev–Trinajstić information content (AvgIpc) is 2.74. The number of aryl methyl sites for hydroxylation is 2. The Kier molecular flexibility index (Phi) is 5.23. The summed E-state index contributed by atoms with van der Waals surface area (Å²) in [6.07, 6.45) is 0. The van der Waals surface area contributed by atoms with Crippen molar-refractivity contribution in [2.45, 2.75) is 27.3 Å². The van der Waals surface area contributed by atoms with E-state index in [1.165, 1.54) is 0 Å². The van der Waals surface area contributed by atoms with E-state index < -0.39 is 0 Å². The number of nitrogens with one attached hydrogen (secondary N) is 1. The highest BCUT2D eigenvalue weighted by atomic mass is 16.2. The number of pyridine rings is 1. The summed E-state index contributed by atoms with van der Waals surface area (Å²) < 4.78 is 0. The summed E-state index contributed by atoms with van der Waals surface area (Å²) in [5, 5.41) is 0.941. The molecule has 4 heteroatoms. The molecule has 0 saturated heterocycles. The third-order valence-corrected chi connectivity index (χ3v) is 5.54. The lowest BCUT2D eigenvalue weighted by Crippen LogP contribution is -2.33. The van der Waals surface area contributed by atoms with Gasteiger partial charge in [-0.3, -0.25) is 9.59 Å². The van der Waals surface area contributed by atoms with E-state index in [4.69, 9.17) is 0 Å². The largest absolute Gasteiger partial charge is 0.322 e. The molecule has 0 aliphatic carbocycles. The zero-order valence-corrected chi connectivity index (χ0v) is 17.4. The van der Waals surface area contributed by atoms with Crippen molar-refractivity contribution in [2.75, 3.05) is 4.90 Å². The van der Waals surface area contributed by atoms with E-state index in [0.29, 0.717) is 11.1 Å². The predicted octanol–water partition coefficient (Wildman–Crippen LogP) is 5.30. The van der Waals surface area contributed by atoms with Crippen LogP contribution in [0.3, 0.4) is 0 Å². The topological polar surface area (TPSA) is 53.2 Å². The molecule has 1 aromatic heterocycles. The van der Waals surface area contributed by atoms with Crippen LogP contribution in [0.25, 0.3) is 10.9 Å². The summed E-state index contributed by atoms with van der Waals surface area (Å²) in [7, 11) is 0. The van der Waals surface area contributed by atoms with Gasteiger partial charge < -0.3 is 9.88 Å². The lowest BCUT2D eigenvalue weighted by molar-refractivity contribution is 0.0985. The van der Waals surface area contributed by atoms with Crippen molar-refractivity contribution in [2.24, 2.45) is 0 Å². The van der Waals surface area contributed by atoms with Gasteiger partial charge in [-0.15, -0.1) is 0 Å². The van der Waals surface area contributed by atoms with Crippen LogP contribution in [0.2, 0.25) is 0 Å². The third kappa shape index (κ3) is 3.77. The summed E-state index contributed by atoms with van der Waals surface area (Å²) in [4.78, 5) is 31.0. The molecule has 3 aromatic carbocycles. The molecule has 0 bridgehead atoms. The van der Waals surface area contributed by atoms with Gasteiger partial charge >= 0.3 is 0 Å². The van der Waals surface area contributed by atoms with Crippen LogP contribution < -0.4 is 10.5 Å². The van der Waals surface area contributed by atoms with Gasteiger partial charge in [0.25, 0.3) is 11.5 Å². The van der Waals surface area contributed by atoms with E-state index >= 15 is 0 Å². The van der Waals surface area contributed by atoms with Gasteiger partial charge in [-0.1, -0.05) is 48.0 Å². The van der Waals surface area contributed by atoms with Crippen LogP contribution in [0.1, 0.15) is 32.6 Å². The Morgan fingerprint density at radius 3 is 2.47 bits per heavy atom. The monoisotopic (exact) mass is 396 g/mol. The number of para-hydroxylation sites is 1. The number of carbonyl (C=O) groups excluding carboxylic acids is 1. The predicted molar refractivity (Wildman–Crippen MR) is 122 cm³/mol. The number of H-pyrrole nitrogens is 1. The van der Waals surface area contributed by atoms with Gasteiger partial charge in [0.05, 0.1) is 6.54 Å². The summed E-state index contributed by atoms with van der Waals surface area (Å²) in [5.74, 6) is -0.125. The minimum Gasteiger partial charge on any atom is -0.322 e. The fraction of sp³-hybridized carbons (Fsp3) is 0.154.